The zero-order valence-electron chi connectivity index (χ0n) is 7.18. The summed E-state index contributed by atoms with van der Waals surface area (Å²) in [5, 5.41) is 1.09. The van der Waals surface area contributed by atoms with Gasteiger partial charge in [-0.2, -0.15) is 11.8 Å². The maximum absolute atomic E-state index is 5.31. The molecule has 1 nitrogen and oxygen atoms in total. The first-order valence-electron chi connectivity index (χ1n) is 4.01. The summed E-state index contributed by atoms with van der Waals surface area (Å²) in [4.78, 5) is 0. The number of halogens is 1. The Morgan fingerprint density at radius 2 is 2.42 bits per heavy atom. The molecular weight excluding hydrogens is 236 g/mol. The van der Waals surface area contributed by atoms with Gasteiger partial charge in [0.25, 0.3) is 0 Å². The predicted molar refractivity (Wildman–Crippen MR) is 58.0 cm³/mol. The summed E-state index contributed by atoms with van der Waals surface area (Å²) in [5.74, 6) is 3.33. The van der Waals surface area contributed by atoms with Crippen molar-refractivity contribution in [3.8, 4) is 0 Å². The zero-order chi connectivity index (χ0) is 8.81. The lowest BCUT2D eigenvalue weighted by Gasteiger charge is -1.97. The van der Waals surface area contributed by atoms with Crippen LogP contribution in [-0.4, -0.2) is 11.1 Å². The normalized spacial score (nSPS) is 10.5. The van der Waals surface area contributed by atoms with Crippen molar-refractivity contribution in [2.75, 3.05) is 11.1 Å². The molecule has 12 heavy (non-hydrogen) atoms. The first-order chi connectivity index (χ1) is 5.84. The Balaban J connectivity index is 2.20. The fourth-order valence-electron chi connectivity index (χ4n) is 0.873. The molecule has 1 rings (SSSR count). The van der Waals surface area contributed by atoms with E-state index < -0.39 is 0 Å². The third-order valence-electron chi connectivity index (χ3n) is 1.62. The first kappa shape index (κ1) is 10.2. The molecule has 0 radical (unpaired) electrons. The van der Waals surface area contributed by atoms with Crippen molar-refractivity contribution >= 4 is 27.7 Å². The molecule has 0 aliphatic rings. The standard InChI is InChI=1S/C9H13BrOS/c1-8-3-5-11-9(8)7-12-6-2-4-10/h3,5H,2,4,6-7H2,1H3. The van der Waals surface area contributed by atoms with Crippen LogP contribution in [0.15, 0.2) is 16.7 Å². The van der Waals surface area contributed by atoms with Crippen LogP contribution in [0.3, 0.4) is 0 Å². The first-order valence-corrected chi connectivity index (χ1v) is 6.29. The Hall–Kier alpha value is 0.110. The molecule has 0 bridgehead atoms. The predicted octanol–water partition coefficient (Wildman–Crippen LogP) is 3.61. The van der Waals surface area contributed by atoms with Gasteiger partial charge in [-0.05, 0) is 30.7 Å². The van der Waals surface area contributed by atoms with Crippen molar-refractivity contribution < 1.29 is 4.42 Å². The van der Waals surface area contributed by atoms with Gasteiger partial charge in [-0.15, -0.1) is 0 Å². The monoisotopic (exact) mass is 248 g/mol. The molecule has 0 N–H and O–H groups in total. The van der Waals surface area contributed by atoms with E-state index in [-0.39, 0.29) is 0 Å². The third-order valence-corrected chi connectivity index (χ3v) is 3.23. The summed E-state index contributed by atoms with van der Waals surface area (Å²) < 4.78 is 5.31. The number of alkyl halides is 1. The Bertz CT molecular complexity index is 222. The van der Waals surface area contributed by atoms with E-state index >= 15 is 0 Å². The average Bonchev–Trinajstić information content (AvgIpc) is 2.46. The van der Waals surface area contributed by atoms with Gasteiger partial charge in [0, 0.05) is 5.33 Å². The topological polar surface area (TPSA) is 13.1 Å². The van der Waals surface area contributed by atoms with Crippen LogP contribution in [0.2, 0.25) is 0 Å². The average molecular weight is 249 g/mol. The van der Waals surface area contributed by atoms with Gasteiger partial charge in [0.2, 0.25) is 0 Å². The molecule has 0 unspecified atom stereocenters. The molecule has 0 spiro atoms. The van der Waals surface area contributed by atoms with Gasteiger partial charge in [-0.25, -0.2) is 0 Å². The minimum atomic E-state index is 1.01. The summed E-state index contributed by atoms with van der Waals surface area (Å²) in [6.07, 6.45) is 2.99. The van der Waals surface area contributed by atoms with Crippen molar-refractivity contribution in [3.63, 3.8) is 0 Å². The Kier molecular flexibility index (Phi) is 4.84. The van der Waals surface area contributed by atoms with Crippen molar-refractivity contribution in [1.82, 2.24) is 0 Å². The highest BCUT2D eigenvalue weighted by Crippen LogP contribution is 2.17. The van der Waals surface area contributed by atoms with Crippen LogP contribution in [0.1, 0.15) is 17.7 Å². The SMILES string of the molecule is Cc1ccoc1CSCCCBr. The van der Waals surface area contributed by atoms with Crippen LogP contribution in [0, 0.1) is 6.92 Å². The summed E-state index contributed by atoms with van der Waals surface area (Å²) in [5.41, 5.74) is 1.27. The number of hydrogen-bond donors (Lipinski definition) is 0. The van der Waals surface area contributed by atoms with Crippen molar-refractivity contribution in [2.24, 2.45) is 0 Å². The number of aryl methyl sites for hydroxylation is 1. The molecule has 0 saturated carbocycles. The van der Waals surface area contributed by atoms with Gasteiger partial charge in [0.05, 0.1) is 12.0 Å². The molecule has 0 aliphatic heterocycles. The smallest absolute Gasteiger partial charge is 0.116 e. The lowest BCUT2D eigenvalue weighted by molar-refractivity contribution is 0.528. The molecule has 0 saturated heterocycles. The van der Waals surface area contributed by atoms with Gasteiger partial charge in [0.1, 0.15) is 5.76 Å². The molecule has 0 atom stereocenters. The maximum Gasteiger partial charge on any atom is 0.116 e. The largest absolute Gasteiger partial charge is 0.468 e. The van der Waals surface area contributed by atoms with Gasteiger partial charge < -0.3 is 4.42 Å². The molecule has 3 heteroatoms. The van der Waals surface area contributed by atoms with Crippen LogP contribution in [0.4, 0.5) is 0 Å². The molecular formula is C9H13BrOS. The van der Waals surface area contributed by atoms with Crippen LogP contribution in [-0.2, 0) is 5.75 Å². The minimum absolute atomic E-state index is 1.01. The fourth-order valence-corrected chi connectivity index (χ4v) is 2.50. The van der Waals surface area contributed by atoms with Crippen molar-refractivity contribution in [1.29, 1.82) is 0 Å². The lowest BCUT2D eigenvalue weighted by atomic mass is 10.3. The van der Waals surface area contributed by atoms with E-state index in [1.807, 2.05) is 17.8 Å². The zero-order valence-corrected chi connectivity index (χ0v) is 9.58. The summed E-state index contributed by atoms with van der Waals surface area (Å²) >= 11 is 5.33. The second kappa shape index (κ2) is 5.70. The van der Waals surface area contributed by atoms with Crippen molar-refractivity contribution in [2.45, 2.75) is 19.1 Å². The van der Waals surface area contributed by atoms with Crippen LogP contribution >= 0.6 is 27.7 Å². The highest BCUT2D eigenvalue weighted by Gasteiger charge is 2.00. The Morgan fingerprint density at radius 3 is 3.00 bits per heavy atom. The van der Waals surface area contributed by atoms with E-state index in [0.29, 0.717) is 0 Å². The number of rotatable bonds is 5. The van der Waals surface area contributed by atoms with Gasteiger partial charge in [-0.1, -0.05) is 15.9 Å². The molecule has 1 heterocycles. The van der Waals surface area contributed by atoms with Crippen LogP contribution in [0.25, 0.3) is 0 Å². The highest BCUT2D eigenvalue weighted by atomic mass is 79.9. The molecule has 1 aromatic rings. The van der Waals surface area contributed by atoms with Gasteiger partial charge in [0.15, 0.2) is 0 Å². The van der Waals surface area contributed by atoms with E-state index in [0.717, 1.165) is 16.8 Å². The molecule has 1 aromatic heterocycles. The number of furan rings is 1. The molecule has 0 aliphatic carbocycles. The summed E-state index contributed by atoms with van der Waals surface area (Å²) in [6, 6.07) is 2.01. The molecule has 68 valence electrons. The van der Waals surface area contributed by atoms with Gasteiger partial charge in [-0.3, -0.25) is 0 Å². The quantitative estimate of drug-likeness (QED) is 0.584. The van der Waals surface area contributed by atoms with E-state index in [9.17, 15) is 0 Å². The fraction of sp³-hybridized carbons (Fsp3) is 0.556. The third kappa shape index (κ3) is 3.23. The minimum Gasteiger partial charge on any atom is -0.468 e. The van der Waals surface area contributed by atoms with E-state index in [2.05, 4.69) is 22.9 Å². The lowest BCUT2D eigenvalue weighted by Crippen LogP contribution is -1.84. The van der Waals surface area contributed by atoms with Crippen LogP contribution in [0.5, 0.6) is 0 Å². The Morgan fingerprint density at radius 1 is 1.58 bits per heavy atom. The number of hydrogen-bond acceptors (Lipinski definition) is 2. The van der Waals surface area contributed by atoms with E-state index in [1.165, 1.54) is 17.7 Å². The molecule has 0 amide bonds. The second-order valence-electron chi connectivity index (χ2n) is 2.62. The van der Waals surface area contributed by atoms with E-state index in [4.69, 9.17) is 4.42 Å². The maximum atomic E-state index is 5.31. The number of thioether (sulfide) groups is 1. The second-order valence-corrected chi connectivity index (χ2v) is 4.52. The summed E-state index contributed by atoms with van der Waals surface area (Å²) in [6.45, 7) is 2.09. The highest BCUT2D eigenvalue weighted by molar-refractivity contribution is 9.09. The van der Waals surface area contributed by atoms with Crippen molar-refractivity contribution in [3.05, 3.63) is 23.7 Å². The van der Waals surface area contributed by atoms with E-state index in [1.54, 1.807) is 6.26 Å². The van der Waals surface area contributed by atoms with Gasteiger partial charge >= 0.3 is 0 Å². The Labute approximate surface area is 86.0 Å². The summed E-state index contributed by atoms with van der Waals surface area (Å²) in [7, 11) is 0. The molecule has 0 aromatic carbocycles. The van der Waals surface area contributed by atoms with Crippen LogP contribution < -0.4 is 0 Å². The molecule has 0 fully saturated rings.